The van der Waals surface area contributed by atoms with Crippen LogP contribution in [0.5, 0.6) is 0 Å². The van der Waals surface area contributed by atoms with Gasteiger partial charge >= 0.3 is 0 Å². The number of benzene rings is 1. The zero-order valence-corrected chi connectivity index (χ0v) is 12.6. The maximum absolute atomic E-state index is 6.25. The van der Waals surface area contributed by atoms with Crippen molar-refractivity contribution in [1.29, 1.82) is 0 Å². The van der Waals surface area contributed by atoms with E-state index >= 15 is 0 Å². The van der Waals surface area contributed by atoms with Crippen molar-refractivity contribution in [3.05, 3.63) is 35.4 Å². The molecule has 2 nitrogen and oxygen atoms in total. The van der Waals surface area contributed by atoms with Crippen molar-refractivity contribution in [2.24, 2.45) is 5.73 Å². The molecule has 110 valence electrons. The van der Waals surface area contributed by atoms with Crippen molar-refractivity contribution in [1.82, 2.24) is 4.90 Å². The molecule has 0 spiro atoms. The van der Waals surface area contributed by atoms with E-state index in [1.165, 1.54) is 64.5 Å². The Labute approximate surface area is 123 Å². The second-order valence-corrected chi connectivity index (χ2v) is 6.60. The van der Waals surface area contributed by atoms with Crippen LogP contribution < -0.4 is 5.73 Å². The molecule has 1 fully saturated rings. The summed E-state index contributed by atoms with van der Waals surface area (Å²) >= 11 is 0. The molecule has 0 unspecified atom stereocenters. The minimum atomic E-state index is 0.290. The molecule has 20 heavy (non-hydrogen) atoms. The largest absolute Gasteiger partial charge is 0.329 e. The molecule has 2 heteroatoms. The van der Waals surface area contributed by atoms with E-state index in [1.807, 2.05) is 0 Å². The van der Waals surface area contributed by atoms with Gasteiger partial charge in [0.05, 0.1) is 0 Å². The Balaban J connectivity index is 1.77. The number of nitrogens with zero attached hydrogens (tertiary/aromatic N) is 1. The fourth-order valence-electron chi connectivity index (χ4n) is 4.18. The normalized spacial score (nSPS) is 23.6. The van der Waals surface area contributed by atoms with Gasteiger partial charge in [-0.15, -0.1) is 0 Å². The predicted octanol–water partition coefficient (Wildman–Crippen LogP) is 3.14. The first-order valence-corrected chi connectivity index (χ1v) is 8.36. The molecular formula is C18H28N2. The quantitative estimate of drug-likeness (QED) is 0.838. The monoisotopic (exact) mass is 272 g/mol. The summed E-state index contributed by atoms with van der Waals surface area (Å²) < 4.78 is 0. The van der Waals surface area contributed by atoms with Crippen molar-refractivity contribution in [3.8, 4) is 0 Å². The van der Waals surface area contributed by atoms with Crippen molar-refractivity contribution in [2.45, 2.75) is 56.9 Å². The molecule has 0 atom stereocenters. The van der Waals surface area contributed by atoms with Crippen LogP contribution in [0, 0.1) is 0 Å². The predicted molar refractivity (Wildman–Crippen MR) is 84.9 cm³/mol. The Bertz CT molecular complexity index is 406. The van der Waals surface area contributed by atoms with Gasteiger partial charge in [-0.25, -0.2) is 0 Å². The fourth-order valence-corrected chi connectivity index (χ4v) is 4.18. The van der Waals surface area contributed by atoms with Gasteiger partial charge in [0.15, 0.2) is 0 Å². The summed E-state index contributed by atoms with van der Waals surface area (Å²) in [4.78, 5) is 2.73. The van der Waals surface area contributed by atoms with E-state index in [0.717, 1.165) is 6.54 Å². The Morgan fingerprint density at radius 2 is 1.45 bits per heavy atom. The zero-order chi connectivity index (χ0) is 13.8. The SMILES string of the molecule is NCC1(N2CCc3ccccc3CC2)CCCCCC1. The first-order chi connectivity index (χ1) is 9.84. The lowest BCUT2D eigenvalue weighted by atomic mass is 9.87. The molecule has 2 aliphatic rings. The molecule has 0 radical (unpaired) electrons. The molecule has 3 rings (SSSR count). The fraction of sp³-hybridized carbons (Fsp3) is 0.667. The standard InChI is InChI=1S/C18H28N2/c19-15-18(11-5-1-2-6-12-18)20-13-9-16-7-3-4-8-17(16)10-14-20/h3-4,7-8H,1-2,5-6,9-15,19H2. The second kappa shape index (κ2) is 6.28. The summed E-state index contributed by atoms with van der Waals surface area (Å²) in [5, 5.41) is 0. The number of hydrogen-bond acceptors (Lipinski definition) is 2. The van der Waals surface area contributed by atoms with Crippen LogP contribution in [0.4, 0.5) is 0 Å². The molecule has 0 aromatic heterocycles. The minimum absolute atomic E-state index is 0.290. The molecule has 0 amide bonds. The number of fused-ring (bicyclic) bond motifs is 1. The van der Waals surface area contributed by atoms with Crippen molar-refractivity contribution < 1.29 is 0 Å². The van der Waals surface area contributed by atoms with Crippen LogP contribution in [0.3, 0.4) is 0 Å². The van der Waals surface area contributed by atoms with E-state index in [-0.39, 0.29) is 0 Å². The first-order valence-electron chi connectivity index (χ1n) is 8.36. The third kappa shape index (κ3) is 2.77. The van der Waals surface area contributed by atoms with Crippen LogP contribution in [0.15, 0.2) is 24.3 Å². The third-order valence-corrected chi connectivity index (χ3v) is 5.51. The van der Waals surface area contributed by atoms with E-state index in [2.05, 4.69) is 29.2 Å². The van der Waals surface area contributed by atoms with Crippen molar-refractivity contribution in [2.75, 3.05) is 19.6 Å². The van der Waals surface area contributed by atoms with E-state index in [0.29, 0.717) is 5.54 Å². The van der Waals surface area contributed by atoms with E-state index < -0.39 is 0 Å². The maximum Gasteiger partial charge on any atom is 0.0332 e. The molecule has 1 aromatic carbocycles. The van der Waals surface area contributed by atoms with Gasteiger partial charge in [0.1, 0.15) is 0 Å². The zero-order valence-electron chi connectivity index (χ0n) is 12.6. The first kappa shape index (κ1) is 14.1. The molecule has 1 heterocycles. The van der Waals surface area contributed by atoms with Gasteiger partial charge in [-0.2, -0.15) is 0 Å². The maximum atomic E-state index is 6.25. The number of hydrogen-bond donors (Lipinski definition) is 1. The van der Waals surface area contributed by atoms with E-state index in [1.54, 1.807) is 11.1 Å². The topological polar surface area (TPSA) is 29.3 Å². The Morgan fingerprint density at radius 1 is 0.900 bits per heavy atom. The highest BCUT2D eigenvalue weighted by atomic mass is 15.2. The minimum Gasteiger partial charge on any atom is -0.329 e. The molecule has 1 aliphatic heterocycles. The average Bonchev–Trinajstić information content (AvgIpc) is 2.86. The highest BCUT2D eigenvalue weighted by Crippen LogP contribution is 2.33. The molecule has 1 saturated carbocycles. The van der Waals surface area contributed by atoms with Gasteiger partial charge in [0.25, 0.3) is 0 Å². The summed E-state index contributed by atoms with van der Waals surface area (Å²) in [6.45, 7) is 3.21. The lowest BCUT2D eigenvalue weighted by molar-refractivity contribution is 0.0826. The summed E-state index contributed by atoms with van der Waals surface area (Å²) in [6, 6.07) is 8.97. The Hall–Kier alpha value is -0.860. The molecular weight excluding hydrogens is 244 g/mol. The van der Waals surface area contributed by atoms with E-state index in [4.69, 9.17) is 5.73 Å². The lowest BCUT2D eigenvalue weighted by Crippen LogP contribution is -2.54. The van der Waals surface area contributed by atoms with Crippen LogP contribution in [0.25, 0.3) is 0 Å². The molecule has 1 aromatic rings. The highest BCUT2D eigenvalue weighted by Gasteiger charge is 2.36. The smallest absolute Gasteiger partial charge is 0.0332 e. The van der Waals surface area contributed by atoms with Crippen LogP contribution in [0.1, 0.15) is 49.7 Å². The summed E-state index contributed by atoms with van der Waals surface area (Å²) in [5.74, 6) is 0. The Kier molecular flexibility index (Phi) is 4.42. The van der Waals surface area contributed by atoms with Crippen LogP contribution >= 0.6 is 0 Å². The Morgan fingerprint density at radius 3 is 1.95 bits per heavy atom. The second-order valence-electron chi connectivity index (χ2n) is 6.60. The van der Waals surface area contributed by atoms with Gasteiger partial charge < -0.3 is 5.73 Å². The van der Waals surface area contributed by atoms with Gasteiger partial charge in [0, 0.05) is 25.2 Å². The van der Waals surface area contributed by atoms with Crippen molar-refractivity contribution in [3.63, 3.8) is 0 Å². The molecule has 0 saturated heterocycles. The van der Waals surface area contributed by atoms with Gasteiger partial charge in [-0.3, -0.25) is 4.90 Å². The molecule has 0 bridgehead atoms. The van der Waals surface area contributed by atoms with Crippen LogP contribution in [0.2, 0.25) is 0 Å². The summed E-state index contributed by atoms with van der Waals surface area (Å²) in [6.07, 6.45) is 10.5. The van der Waals surface area contributed by atoms with Crippen LogP contribution in [-0.4, -0.2) is 30.1 Å². The molecule has 2 N–H and O–H groups in total. The highest BCUT2D eigenvalue weighted by molar-refractivity contribution is 5.28. The van der Waals surface area contributed by atoms with Gasteiger partial charge in [-0.05, 0) is 36.8 Å². The third-order valence-electron chi connectivity index (χ3n) is 5.51. The molecule has 1 aliphatic carbocycles. The van der Waals surface area contributed by atoms with Crippen molar-refractivity contribution >= 4 is 0 Å². The van der Waals surface area contributed by atoms with Gasteiger partial charge in [0.2, 0.25) is 0 Å². The van der Waals surface area contributed by atoms with E-state index in [9.17, 15) is 0 Å². The number of nitrogens with two attached hydrogens (primary N) is 1. The lowest BCUT2D eigenvalue weighted by Gasteiger charge is -2.43. The van der Waals surface area contributed by atoms with Gasteiger partial charge in [-0.1, -0.05) is 49.9 Å². The van der Waals surface area contributed by atoms with Crippen LogP contribution in [-0.2, 0) is 12.8 Å². The summed E-state index contributed by atoms with van der Waals surface area (Å²) in [5.41, 5.74) is 9.65. The summed E-state index contributed by atoms with van der Waals surface area (Å²) in [7, 11) is 0. The number of rotatable bonds is 2. The average molecular weight is 272 g/mol.